The van der Waals surface area contributed by atoms with Gasteiger partial charge in [-0.2, -0.15) is 0 Å². The van der Waals surface area contributed by atoms with E-state index in [1.54, 1.807) is 0 Å². The predicted molar refractivity (Wildman–Crippen MR) is 249 cm³/mol. The molecule has 61 heavy (non-hydrogen) atoms. The minimum absolute atomic E-state index is 0.135. The van der Waals surface area contributed by atoms with Crippen molar-refractivity contribution in [2.24, 2.45) is 0 Å². The monoisotopic (exact) mass is 882 g/mol. The molecule has 0 aromatic carbocycles. The van der Waals surface area contributed by atoms with Gasteiger partial charge in [0.2, 0.25) is 5.91 Å². The zero-order chi connectivity index (χ0) is 44.9. The van der Waals surface area contributed by atoms with Gasteiger partial charge in [-0.1, -0.05) is 172 Å². The van der Waals surface area contributed by atoms with E-state index in [0.717, 1.165) is 77.0 Å². The number of phosphoric acid groups is 1. The van der Waals surface area contributed by atoms with Crippen LogP contribution in [0.3, 0.4) is 0 Å². The molecule has 0 fully saturated rings. The lowest BCUT2D eigenvalue weighted by Crippen LogP contribution is -2.43. The molecule has 3 atom stereocenters. The van der Waals surface area contributed by atoms with Crippen molar-refractivity contribution in [2.75, 3.05) is 19.8 Å². The highest BCUT2D eigenvalue weighted by Crippen LogP contribution is 2.43. The van der Waals surface area contributed by atoms with E-state index >= 15 is 0 Å². The summed E-state index contributed by atoms with van der Waals surface area (Å²) in [7, 11) is -4.76. The molecule has 354 valence electrons. The quantitative estimate of drug-likeness (QED) is 0.0200. The van der Waals surface area contributed by atoms with Gasteiger partial charge in [0.05, 0.1) is 13.2 Å². The van der Waals surface area contributed by atoms with Gasteiger partial charge in [-0.05, 0) is 77.0 Å². The molecule has 0 aliphatic rings. The van der Waals surface area contributed by atoms with E-state index in [2.05, 4.69) is 67.8 Å². The van der Waals surface area contributed by atoms with E-state index in [1.165, 1.54) is 96.3 Å². The van der Waals surface area contributed by atoms with Crippen molar-refractivity contribution in [1.29, 1.82) is 0 Å². The summed E-state index contributed by atoms with van der Waals surface area (Å²) in [6, 6.07) is -1.55. The molecule has 0 saturated heterocycles. The number of aliphatic hydroxyl groups is 1. The lowest BCUT2D eigenvalue weighted by molar-refractivity contribution is -0.147. The van der Waals surface area contributed by atoms with Crippen molar-refractivity contribution in [3.63, 3.8) is 0 Å². The predicted octanol–water partition coefficient (Wildman–Crippen LogP) is 13.0. The van der Waals surface area contributed by atoms with Crippen LogP contribution in [0.1, 0.15) is 213 Å². The number of phosphoric ester groups is 1. The van der Waals surface area contributed by atoms with E-state index in [1.807, 2.05) is 0 Å². The fraction of sp³-hybridized carbons (Fsp3) is 0.776. The largest absolute Gasteiger partial charge is 0.480 e. The van der Waals surface area contributed by atoms with Crippen molar-refractivity contribution in [3.05, 3.63) is 48.6 Å². The fourth-order valence-electron chi connectivity index (χ4n) is 6.55. The maximum atomic E-state index is 12.3. The van der Waals surface area contributed by atoms with Crippen LogP contribution < -0.4 is 5.32 Å². The maximum absolute atomic E-state index is 12.3. The van der Waals surface area contributed by atoms with Gasteiger partial charge in [0.15, 0.2) is 6.04 Å². The molecule has 0 saturated carbocycles. The number of carbonyl (C=O) groups excluding carboxylic acids is 2. The number of aliphatic hydroxyl groups excluding tert-OH is 1. The average Bonchev–Trinajstić information content (AvgIpc) is 3.24. The number of ether oxygens (including phenoxy) is 1. The first kappa shape index (κ1) is 58.4. The Labute approximate surface area is 371 Å². The summed E-state index contributed by atoms with van der Waals surface area (Å²) in [4.78, 5) is 46.0. The zero-order valence-corrected chi connectivity index (χ0v) is 39.4. The summed E-state index contributed by atoms with van der Waals surface area (Å²) in [5.41, 5.74) is 0. The number of hydrogen-bond donors (Lipinski definition) is 4. The smallest absolute Gasteiger partial charge is 0.472 e. The number of carboxylic acids is 1. The number of hydrogen-bond acceptors (Lipinski definition) is 8. The first-order chi connectivity index (χ1) is 29.6. The Hall–Kier alpha value is -2.56. The van der Waals surface area contributed by atoms with Gasteiger partial charge in [-0.15, -0.1) is 0 Å². The number of carboxylic acid groups (broad SMARTS) is 1. The summed E-state index contributed by atoms with van der Waals surface area (Å²) >= 11 is 0. The van der Waals surface area contributed by atoms with Crippen LogP contribution in [0.4, 0.5) is 0 Å². The molecule has 3 unspecified atom stereocenters. The number of carbonyl (C=O) groups is 3. The number of unbranched alkanes of at least 4 members (excludes halogenated alkanes) is 23. The van der Waals surface area contributed by atoms with Gasteiger partial charge < -0.3 is 25.2 Å². The third-order valence-electron chi connectivity index (χ3n) is 10.3. The molecule has 0 heterocycles. The first-order valence-corrected chi connectivity index (χ1v) is 25.7. The number of rotatable bonds is 45. The normalized spacial score (nSPS) is 14.0. The maximum Gasteiger partial charge on any atom is 0.472 e. The number of aliphatic carboxylic acids is 1. The van der Waals surface area contributed by atoms with Crippen LogP contribution in [0.5, 0.6) is 0 Å². The highest BCUT2D eigenvalue weighted by molar-refractivity contribution is 7.47. The van der Waals surface area contributed by atoms with E-state index in [9.17, 15) is 34.1 Å². The molecule has 4 N–H and O–H groups in total. The third kappa shape index (κ3) is 43.9. The Morgan fingerprint density at radius 1 is 0.525 bits per heavy atom. The van der Waals surface area contributed by atoms with Crippen LogP contribution in [-0.4, -0.2) is 64.9 Å². The highest BCUT2D eigenvalue weighted by Gasteiger charge is 2.28. The van der Waals surface area contributed by atoms with E-state index in [0.29, 0.717) is 12.8 Å². The van der Waals surface area contributed by atoms with Crippen LogP contribution in [-0.2, 0) is 32.7 Å². The summed E-state index contributed by atoms with van der Waals surface area (Å²) in [5, 5.41) is 21.9. The fourth-order valence-corrected chi connectivity index (χ4v) is 7.32. The molecule has 0 radical (unpaired) electrons. The lowest BCUT2D eigenvalue weighted by atomic mass is 10.1. The Morgan fingerprint density at radius 2 is 0.902 bits per heavy atom. The van der Waals surface area contributed by atoms with Crippen LogP contribution in [0.2, 0.25) is 0 Å². The highest BCUT2D eigenvalue weighted by atomic mass is 31.2. The molecule has 0 bridgehead atoms. The standard InChI is InChI=1S/C49H88NO10P/c1-3-5-7-9-11-13-15-17-19-21-22-23-24-25-27-29-31-33-35-37-39-41-48(53)58-42-45(51)43-59-61(56,57)60-44-46(49(54)55)50-47(52)40-38-36-34-32-30-28-26-20-18-16-14-12-10-8-6-4-2/h11,13,17,19-20,22-23,26,45-46,51H,3-10,12,14-16,18,21,24-25,27-44H2,1-2H3,(H,50,52)(H,54,55)(H,56,57)/b13-11-,19-17-,23-22-,26-20-. The second kappa shape index (κ2) is 44.1. The zero-order valence-electron chi connectivity index (χ0n) is 38.5. The van der Waals surface area contributed by atoms with E-state index in [4.69, 9.17) is 13.8 Å². The molecule has 12 heteroatoms. The summed E-state index contributed by atoms with van der Waals surface area (Å²) < 4.78 is 26.9. The van der Waals surface area contributed by atoms with Gasteiger partial charge in [0.25, 0.3) is 0 Å². The summed E-state index contributed by atoms with van der Waals surface area (Å²) in [6.45, 7) is 2.56. The molecule has 0 spiro atoms. The number of nitrogens with one attached hydrogen (secondary N) is 1. The molecule has 0 aromatic rings. The van der Waals surface area contributed by atoms with Crippen LogP contribution in [0, 0.1) is 0 Å². The Kier molecular flexibility index (Phi) is 42.2. The Morgan fingerprint density at radius 3 is 1.39 bits per heavy atom. The molecule has 0 aromatic heterocycles. The average molecular weight is 882 g/mol. The molecule has 1 amide bonds. The molecular weight excluding hydrogens is 794 g/mol. The number of allylic oxidation sites excluding steroid dienone is 8. The van der Waals surface area contributed by atoms with Gasteiger partial charge in [-0.3, -0.25) is 18.6 Å². The van der Waals surface area contributed by atoms with Crippen molar-refractivity contribution in [1.82, 2.24) is 5.32 Å². The Balaban J connectivity index is 3.87. The lowest BCUT2D eigenvalue weighted by Gasteiger charge is -2.18. The topological polar surface area (TPSA) is 169 Å². The molecule has 0 aliphatic heterocycles. The number of amides is 1. The Bertz CT molecular complexity index is 1220. The van der Waals surface area contributed by atoms with Crippen LogP contribution in [0.15, 0.2) is 48.6 Å². The van der Waals surface area contributed by atoms with Crippen molar-refractivity contribution < 1.29 is 47.8 Å². The van der Waals surface area contributed by atoms with Crippen molar-refractivity contribution in [2.45, 2.75) is 225 Å². The van der Waals surface area contributed by atoms with Gasteiger partial charge in [0, 0.05) is 12.8 Å². The summed E-state index contributed by atoms with van der Waals surface area (Å²) in [5.74, 6) is -2.39. The minimum Gasteiger partial charge on any atom is -0.480 e. The second-order valence-corrected chi connectivity index (χ2v) is 17.7. The SMILES string of the molecule is CCCCC/C=C\C/C=C\C/C=C\CCCCCCCCCCC(=O)OCC(O)COP(=O)(O)OCC(NC(=O)CCCCCCC/C=C\CCCCCCCCC)C(=O)O. The molecular formula is C49H88NO10P. The number of esters is 1. The van der Waals surface area contributed by atoms with Crippen molar-refractivity contribution in [3.8, 4) is 0 Å². The minimum atomic E-state index is -4.76. The van der Waals surface area contributed by atoms with E-state index < -0.39 is 57.6 Å². The third-order valence-corrected chi connectivity index (χ3v) is 11.3. The van der Waals surface area contributed by atoms with Crippen LogP contribution >= 0.6 is 7.82 Å². The van der Waals surface area contributed by atoms with E-state index in [-0.39, 0.29) is 12.8 Å². The first-order valence-electron chi connectivity index (χ1n) is 24.2. The van der Waals surface area contributed by atoms with Gasteiger partial charge >= 0.3 is 19.8 Å². The molecule has 11 nitrogen and oxygen atoms in total. The summed E-state index contributed by atoms with van der Waals surface area (Å²) in [6.07, 6.45) is 49.8. The second-order valence-electron chi connectivity index (χ2n) is 16.3. The van der Waals surface area contributed by atoms with Crippen molar-refractivity contribution >= 4 is 25.7 Å². The van der Waals surface area contributed by atoms with Gasteiger partial charge in [0.1, 0.15) is 12.7 Å². The van der Waals surface area contributed by atoms with Crippen LogP contribution in [0.25, 0.3) is 0 Å². The molecule has 0 rings (SSSR count). The van der Waals surface area contributed by atoms with Gasteiger partial charge in [-0.25, -0.2) is 9.36 Å². The molecule has 0 aliphatic carbocycles.